The van der Waals surface area contributed by atoms with Gasteiger partial charge >= 0.3 is 0 Å². The first kappa shape index (κ1) is 22.4. The highest BCUT2D eigenvalue weighted by molar-refractivity contribution is 7.12. The number of ketones is 1. The number of benzene rings is 2. The van der Waals surface area contributed by atoms with Crippen molar-refractivity contribution >= 4 is 23.0 Å². The molecule has 1 aliphatic heterocycles. The van der Waals surface area contributed by atoms with Crippen LogP contribution in [0.5, 0.6) is 17.2 Å². The number of amides is 1. The lowest BCUT2D eigenvalue weighted by Crippen LogP contribution is -2.30. The fourth-order valence-electron chi connectivity index (χ4n) is 3.90. The van der Waals surface area contributed by atoms with E-state index in [1.54, 1.807) is 68.1 Å². The molecule has 0 spiro atoms. The summed E-state index contributed by atoms with van der Waals surface area (Å²) in [5, 5.41) is 12.6. The van der Waals surface area contributed by atoms with Crippen molar-refractivity contribution in [1.82, 2.24) is 4.90 Å². The van der Waals surface area contributed by atoms with E-state index in [4.69, 9.17) is 14.2 Å². The Morgan fingerprint density at radius 2 is 1.73 bits per heavy atom. The first-order valence-corrected chi connectivity index (χ1v) is 11.0. The van der Waals surface area contributed by atoms with Crippen molar-refractivity contribution in [3.05, 3.63) is 87.3 Å². The summed E-state index contributed by atoms with van der Waals surface area (Å²) in [5.74, 6) is 0.227. The molecule has 1 amide bonds. The lowest BCUT2D eigenvalue weighted by atomic mass is 9.95. The minimum Gasteiger partial charge on any atom is -0.503 e. The van der Waals surface area contributed by atoms with Crippen LogP contribution in [0.4, 0.5) is 0 Å². The van der Waals surface area contributed by atoms with Crippen molar-refractivity contribution in [2.75, 3.05) is 21.3 Å². The van der Waals surface area contributed by atoms with E-state index in [2.05, 4.69) is 0 Å². The smallest absolute Gasteiger partial charge is 0.290 e. The number of thiophene rings is 1. The summed E-state index contributed by atoms with van der Waals surface area (Å²) in [5.41, 5.74) is 1.51. The van der Waals surface area contributed by atoms with E-state index in [1.165, 1.54) is 23.3 Å². The van der Waals surface area contributed by atoms with E-state index in [0.29, 0.717) is 27.7 Å². The fourth-order valence-corrected chi connectivity index (χ4v) is 4.58. The zero-order chi connectivity index (χ0) is 23.5. The molecule has 1 N–H and O–H groups in total. The molecule has 0 fully saturated rings. The Balaban J connectivity index is 1.77. The molecular weight excluding hydrogens is 442 g/mol. The second-order valence-corrected chi connectivity index (χ2v) is 8.31. The van der Waals surface area contributed by atoms with Gasteiger partial charge in [-0.05, 0) is 46.8 Å². The van der Waals surface area contributed by atoms with E-state index in [-0.39, 0.29) is 17.9 Å². The molecule has 170 valence electrons. The molecule has 2 aromatic carbocycles. The number of aliphatic hydroxyl groups is 1. The number of ether oxygens (including phenoxy) is 3. The van der Waals surface area contributed by atoms with Crippen LogP contribution in [0.15, 0.2) is 71.3 Å². The summed E-state index contributed by atoms with van der Waals surface area (Å²) in [6.07, 6.45) is 0. The Morgan fingerprint density at radius 3 is 2.33 bits per heavy atom. The molecule has 0 saturated carbocycles. The van der Waals surface area contributed by atoms with Crippen LogP contribution in [0.25, 0.3) is 0 Å². The summed E-state index contributed by atoms with van der Waals surface area (Å²) in [6, 6.07) is 15.1. The third-order valence-corrected chi connectivity index (χ3v) is 6.39. The maximum atomic E-state index is 13.3. The average Bonchev–Trinajstić information content (AvgIpc) is 3.47. The summed E-state index contributed by atoms with van der Waals surface area (Å²) in [7, 11) is 4.65. The van der Waals surface area contributed by atoms with Gasteiger partial charge in [-0.1, -0.05) is 24.3 Å². The minimum atomic E-state index is -0.758. The van der Waals surface area contributed by atoms with Gasteiger partial charge in [-0.15, -0.1) is 11.3 Å². The van der Waals surface area contributed by atoms with Gasteiger partial charge in [0.15, 0.2) is 17.3 Å². The van der Waals surface area contributed by atoms with E-state index in [9.17, 15) is 14.7 Å². The van der Waals surface area contributed by atoms with Crippen molar-refractivity contribution in [3.8, 4) is 17.2 Å². The third-order valence-electron chi connectivity index (χ3n) is 5.53. The van der Waals surface area contributed by atoms with E-state index < -0.39 is 17.7 Å². The van der Waals surface area contributed by atoms with E-state index in [0.717, 1.165) is 5.56 Å². The molecule has 2 heterocycles. The molecule has 4 rings (SSSR count). The number of carbonyl (C=O) groups is 2. The number of nitrogens with zero attached hydrogens (tertiary/aromatic N) is 1. The molecule has 8 heteroatoms. The summed E-state index contributed by atoms with van der Waals surface area (Å²) in [6.45, 7) is 0.154. The molecule has 33 heavy (non-hydrogen) atoms. The van der Waals surface area contributed by atoms with Crippen molar-refractivity contribution in [2.45, 2.75) is 12.6 Å². The van der Waals surface area contributed by atoms with Gasteiger partial charge in [-0.3, -0.25) is 9.59 Å². The molecule has 0 aliphatic carbocycles. The quantitative estimate of drug-likeness (QED) is 0.491. The van der Waals surface area contributed by atoms with Gasteiger partial charge in [0.25, 0.3) is 5.91 Å². The van der Waals surface area contributed by atoms with Crippen LogP contribution in [-0.4, -0.2) is 43.0 Å². The van der Waals surface area contributed by atoms with Gasteiger partial charge in [-0.2, -0.15) is 0 Å². The first-order valence-electron chi connectivity index (χ1n) is 10.2. The van der Waals surface area contributed by atoms with Crippen molar-refractivity contribution < 1.29 is 28.9 Å². The normalized spacial score (nSPS) is 15.7. The second kappa shape index (κ2) is 9.38. The Kier molecular flexibility index (Phi) is 6.37. The number of hydrogen-bond acceptors (Lipinski definition) is 7. The lowest BCUT2D eigenvalue weighted by molar-refractivity contribution is -0.130. The van der Waals surface area contributed by atoms with Crippen molar-refractivity contribution in [1.29, 1.82) is 0 Å². The third kappa shape index (κ3) is 4.17. The van der Waals surface area contributed by atoms with E-state index in [1.807, 2.05) is 6.07 Å². The zero-order valence-electron chi connectivity index (χ0n) is 18.4. The van der Waals surface area contributed by atoms with Gasteiger partial charge in [0.1, 0.15) is 5.75 Å². The predicted octanol–water partition coefficient (Wildman–Crippen LogP) is 4.55. The highest BCUT2D eigenvalue weighted by Crippen LogP contribution is 2.41. The van der Waals surface area contributed by atoms with Crippen LogP contribution in [0, 0.1) is 0 Å². The van der Waals surface area contributed by atoms with Crippen molar-refractivity contribution in [3.63, 3.8) is 0 Å². The fraction of sp³-hybridized carbons (Fsp3) is 0.200. The number of aliphatic hydroxyl groups excluding tert-OH is 1. The van der Waals surface area contributed by atoms with Gasteiger partial charge in [-0.25, -0.2) is 0 Å². The Morgan fingerprint density at radius 1 is 1.00 bits per heavy atom. The molecule has 1 atom stereocenters. The Labute approximate surface area is 195 Å². The number of Topliss-reactive ketones (excluding diaryl/α,β-unsaturated/α-hetero) is 1. The predicted molar refractivity (Wildman–Crippen MR) is 124 cm³/mol. The monoisotopic (exact) mass is 465 g/mol. The molecule has 3 aromatic rings. The van der Waals surface area contributed by atoms with Crippen LogP contribution in [0.3, 0.4) is 0 Å². The van der Waals surface area contributed by atoms with Gasteiger partial charge in [0, 0.05) is 6.54 Å². The highest BCUT2D eigenvalue weighted by atomic mass is 32.1. The topological polar surface area (TPSA) is 85.3 Å². The maximum Gasteiger partial charge on any atom is 0.290 e. The number of rotatable bonds is 8. The van der Waals surface area contributed by atoms with Crippen LogP contribution in [-0.2, 0) is 11.3 Å². The largest absolute Gasteiger partial charge is 0.503 e. The van der Waals surface area contributed by atoms with Gasteiger partial charge in [0.05, 0.1) is 37.8 Å². The number of hydrogen-bond donors (Lipinski definition) is 1. The van der Waals surface area contributed by atoms with Crippen LogP contribution >= 0.6 is 11.3 Å². The molecule has 1 aromatic heterocycles. The Hall–Kier alpha value is -3.78. The van der Waals surface area contributed by atoms with E-state index >= 15 is 0 Å². The summed E-state index contributed by atoms with van der Waals surface area (Å²) in [4.78, 5) is 28.4. The zero-order valence-corrected chi connectivity index (χ0v) is 19.2. The molecular formula is C25H23NO6S. The lowest BCUT2D eigenvalue weighted by Gasteiger charge is -2.27. The highest BCUT2D eigenvalue weighted by Gasteiger charge is 2.44. The first-order chi connectivity index (χ1) is 16.0. The van der Waals surface area contributed by atoms with Crippen LogP contribution in [0.2, 0.25) is 0 Å². The SMILES string of the molecule is COc1ccc(C2C(C(=O)c3cccs3)=C(O)C(=O)N2Cc2ccc(OC)c(OC)c2)cc1. The molecule has 7 nitrogen and oxygen atoms in total. The molecule has 0 saturated heterocycles. The summed E-state index contributed by atoms with van der Waals surface area (Å²) < 4.78 is 15.9. The standard InChI is InChI=1S/C25H23NO6S/c1-30-17-9-7-16(8-10-17)22-21(23(27)20-5-4-12-33-20)24(28)25(29)26(22)14-15-6-11-18(31-2)19(13-15)32-3/h4-13,22,28H,14H2,1-3H3. The minimum absolute atomic E-state index is 0.0630. The second-order valence-electron chi connectivity index (χ2n) is 7.37. The number of carbonyl (C=O) groups excluding carboxylic acids is 2. The molecule has 1 aliphatic rings. The van der Waals surface area contributed by atoms with Crippen molar-refractivity contribution in [2.24, 2.45) is 0 Å². The summed E-state index contributed by atoms with van der Waals surface area (Å²) >= 11 is 1.26. The number of methoxy groups -OCH3 is 3. The Bertz CT molecular complexity index is 1200. The van der Waals surface area contributed by atoms with Gasteiger partial charge in [0.2, 0.25) is 5.78 Å². The molecule has 0 radical (unpaired) electrons. The average molecular weight is 466 g/mol. The van der Waals surface area contributed by atoms with Crippen LogP contribution < -0.4 is 14.2 Å². The van der Waals surface area contributed by atoms with Crippen LogP contribution in [0.1, 0.15) is 26.8 Å². The maximum absolute atomic E-state index is 13.3. The van der Waals surface area contributed by atoms with Gasteiger partial charge < -0.3 is 24.2 Å². The molecule has 0 bridgehead atoms. The molecule has 1 unspecified atom stereocenters.